The van der Waals surface area contributed by atoms with Crippen LogP contribution < -0.4 is 4.74 Å². The Bertz CT molecular complexity index is 378. The van der Waals surface area contributed by atoms with Gasteiger partial charge in [0, 0.05) is 12.2 Å². The van der Waals surface area contributed by atoms with E-state index in [9.17, 15) is 0 Å². The Morgan fingerprint density at radius 3 is 3.31 bits per heavy atom. The van der Waals surface area contributed by atoms with Crippen LogP contribution in [0.3, 0.4) is 0 Å². The molecule has 0 aliphatic heterocycles. The monoisotopic (exact) mass is 178 g/mol. The Morgan fingerprint density at radius 1 is 1.92 bits per heavy atom. The summed E-state index contributed by atoms with van der Waals surface area (Å²) in [5, 5.41) is 12.7. The fraction of sp³-hybridized carbons (Fsp3) is 0.556. The van der Waals surface area contributed by atoms with Crippen molar-refractivity contribution in [1.29, 1.82) is 5.26 Å². The van der Waals surface area contributed by atoms with Gasteiger partial charge in [-0.3, -0.25) is 4.68 Å². The van der Waals surface area contributed by atoms with E-state index in [1.807, 2.05) is 0 Å². The maximum absolute atomic E-state index is 8.67. The first kappa shape index (κ1) is 6.96. The van der Waals surface area contributed by atoms with Gasteiger partial charge in [-0.05, 0) is 19.8 Å². The van der Waals surface area contributed by atoms with Gasteiger partial charge in [-0.25, -0.2) is 0 Å². The average molecular weight is 178 g/mol. The van der Waals surface area contributed by atoms with Crippen LogP contribution in [0.25, 0.3) is 0 Å². The third-order valence-electron chi connectivity index (χ3n) is 1.91. The standard InChI is InChI=1S/C9H11N3O/c1-7(6-10)12-5-4-9(11-12)13-8-2-3-8/h4-5,7-8H,2-3H2,1H3/i4D. The van der Waals surface area contributed by atoms with Crippen LogP contribution in [0, 0.1) is 11.3 Å². The third kappa shape index (κ3) is 1.81. The molecule has 0 N–H and O–H groups in total. The van der Waals surface area contributed by atoms with Gasteiger partial charge in [0.05, 0.1) is 7.44 Å². The molecule has 1 unspecified atom stereocenters. The lowest BCUT2D eigenvalue weighted by atomic mass is 10.4. The van der Waals surface area contributed by atoms with E-state index in [1.165, 1.54) is 10.9 Å². The molecule has 0 bridgehead atoms. The number of aromatic nitrogens is 2. The molecule has 1 fully saturated rings. The number of ether oxygens (including phenoxy) is 1. The molecule has 0 radical (unpaired) electrons. The van der Waals surface area contributed by atoms with E-state index >= 15 is 0 Å². The summed E-state index contributed by atoms with van der Waals surface area (Å²) in [6, 6.07) is 1.95. The molecule has 0 aromatic carbocycles. The summed E-state index contributed by atoms with van der Waals surface area (Å²) < 4.78 is 14.4. The summed E-state index contributed by atoms with van der Waals surface area (Å²) in [6.45, 7) is 1.73. The Labute approximate surface area is 78.1 Å². The maximum atomic E-state index is 8.67. The molecule has 1 aliphatic carbocycles. The lowest BCUT2D eigenvalue weighted by Gasteiger charge is -2.01. The normalized spacial score (nSPS) is 18.9. The number of nitrogens with zero attached hydrogens (tertiary/aromatic N) is 3. The van der Waals surface area contributed by atoms with E-state index in [4.69, 9.17) is 11.4 Å². The van der Waals surface area contributed by atoms with Gasteiger partial charge < -0.3 is 4.74 Å². The van der Waals surface area contributed by atoms with Crippen LogP contribution in [0.2, 0.25) is 0 Å². The first-order valence-corrected chi connectivity index (χ1v) is 4.32. The maximum Gasteiger partial charge on any atom is 0.233 e. The van der Waals surface area contributed by atoms with Crippen LogP contribution in [-0.2, 0) is 0 Å². The van der Waals surface area contributed by atoms with E-state index in [0.717, 1.165) is 12.8 Å². The van der Waals surface area contributed by atoms with Crippen molar-refractivity contribution in [2.45, 2.75) is 31.9 Å². The van der Waals surface area contributed by atoms with Crippen LogP contribution in [0.15, 0.2) is 12.2 Å². The fourth-order valence-corrected chi connectivity index (χ4v) is 0.943. The zero-order chi connectivity index (χ0) is 10.1. The predicted molar refractivity (Wildman–Crippen MR) is 46.2 cm³/mol. The molecule has 0 saturated heterocycles. The van der Waals surface area contributed by atoms with Crippen LogP contribution in [0.4, 0.5) is 0 Å². The summed E-state index contributed by atoms with van der Waals surface area (Å²) in [5.74, 6) is 0.342. The topological polar surface area (TPSA) is 50.8 Å². The highest BCUT2D eigenvalue weighted by Gasteiger charge is 2.24. The predicted octanol–water partition coefficient (Wildman–Crippen LogP) is 1.51. The molecule has 0 amide bonds. The number of rotatable bonds is 3. The number of hydrogen-bond donors (Lipinski definition) is 0. The summed E-state index contributed by atoms with van der Waals surface area (Å²) in [7, 11) is 0. The van der Waals surface area contributed by atoms with Crippen molar-refractivity contribution in [1.82, 2.24) is 9.78 Å². The second-order valence-electron chi connectivity index (χ2n) is 3.18. The van der Waals surface area contributed by atoms with Crippen LogP contribution in [-0.4, -0.2) is 15.9 Å². The molecule has 1 saturated carbocycles. The van der Waals surface area contributed by atoms with Crippen molar-refractivity contribution in [3.63, 3.8) is 0 Å². The molecule has 1 aromatic rings. The van der Waals surface area contributed by atoms with Gasteiger partial charge in [0.25, 0.3) is 0 Å². The Balaban J connectivity index is 2.16. The van der Waals surface area contributed by atoms with Gasteiger partial charge in [0.2, 0.25) is 5.88 Å². The lowest BCUT2D eigenvalue weighted by molar-refractivity contribution is 0.286. The average Bonchev–Trinajstić information content (AvgIpc) is 2.91. The highest BCUT2D eigenvalue weighted by atomic mass is 16.5. The van der Waals surface area contributed by atoms with Crippen molar-refractivity contribution in [2.24, 2.45) is 0 Å². The van der Waals surface area contributed by atoms with Gasteiger partial charge in [-0.2, -0.15) is 5.26 Å². The van der Waals surface area contributed by atoms with Crippen molar-refractivity contribution < 1.29 is 6.11 Å². The molecule has 1 heterocycles. The molecule has 1 aromatic heterocycles. The number of nitriles is 1. The molecule has 13 heavy (non-hydrogen) atoms. The molecule has 1 aliphatic rings. The van der Waals surface area contributed by atoms with Gasteiger partial charge in [-0.1, -0.05) is 0 Å². The quantitative estimate of drug-likeness (QED) is 0.704. The van der Waals surface area contributed by atoms with Crippen LogP contribution in [0.1, 0.15) is 27.2 Å². The second kappa shape index (κ2) is 3.09. The molecule has 0 spiro atoms. The van der Waals surface area contributed by atoms with E-state index in [1.54, 1.807) is 6.92 Å². The molecule has 1 atom stereocenters. The highest BCUT2D eigenvalue weighted by Crippen LogP contribution is 2.25. The third-order valence-corrected chi connectivity index (χ3v) is 1.91. The van der Waals surface area contributed by atoms with Crippen molar-refractivity contribution >= 4 is 0 Å². The van der Waals surface area contributed by atoms with Gasteiger partial charge in [0.1, 0.15) is 12.1 Å². The van der Waals surface area contributed by atoms with Gasteiger partial charge >= 0.3 is 0 Å². The van der Waals surface area contributed by atoms with Crippen molar-refractivity contribution in [2.75, 3.05) is 0 Å². The molecule has 2 rings (SSSR count). The SMILES string of the molecule is [2H]c1cn(C(C)C#N)nc1OC1CC1. The summed E-state index contributed by atoms with van der Waals surface area (Å²) in [6.07, 6.45) is 3.84. The Kier molecular flexibility index (Phi) is 1.66. The van der Waals surface area contributed by atoms with Crippen LogP contribution >= 0.6 is 0 Å². The van der Waals surface area contributed by atoms with E-state index in [-0.39, 0.29) is 18.2 Å². The zero-order valence-electron chi connectivity index (χ0n) is 8.40. The molecule has 4 heteroatoms. The van der Waals surface area contributed by atoms with Crippen molar-refractivity contribution in [3.05, 3.63) is 12.2 Å². The first-order chi connectivity index (χ1) is 6.70. The molecule has 4 nitrogen and oxygen atoms in total. The van der Waals surface area contributed by atoms with E-state index < -0.39 is 0 Å². The largest absolute Gasteiger partial charge is 0.473 e. The Hall–Kier alpha value is -1.50. The van der Waals surface area contributed by atoms with E-state index in [2.05, 4.69) is 11.2 Å². The Morgan fingerprint density at radius 2 is 2.69 bits per heavy atom. The first-order valence-electron chi connectivity index (χ1n) is 4.82. The lowest BCUT2D eigenvalue weighted by Crippen LogP contribution is -2.04. The molecule has 68 valence electrons. The number of hydrogen-bond acceptors (Lipinski definition) is 3. The summed E-state index contributed by atoms with van der Waals surface area (Å²) in [4.78, 5) is 0. The molecular weight excluding hydrogens is 166 g/mol. The fourth-order valence-electron chi connectivity index (χ4n) is 0.943. The molecular formula is C9H11N3O. The zero-order valence-corrected chi connectivity index (χ0v) is 7.40. The van der Waals surface area contributed by atoms with Gasteiger partial charge in [0.15, 0.2) is 0 Å². The van der Waals surface area contributed by atoms with Crippen molar-refractivity contribution in [3.8, 4) is 11.9 Å². The minimum atomic E-state index is -0.351. The van der Waals surface area contributed by atoms with E-state index in [0.29, 0.717) is 5.88 Å². The minimum absolute atomic E-state index is 0.236. The smallest absolute Gasteiger partial charge is 0.233 e. The van der Waals surface area contributed by atoms with Gasteiger partial charge in [-0.15, -0.1) is 5.10 Å². The highest BCUT2D eigenvalue weighted by molar-refractivity contribution is 5.09. The second-order valence-corrected chi connectivity index (χ2v) is 3.18. The summed E-state index contributed by atoms with van der Waals surface area (Å²) >= 11 is 0. The van der Waals surface area contributed by atoms with Crippen LogP contribution in [0.5, 0.6) is 5.88 Å². The minimum Gasteiger partial charge on any atom is -0.473 e. The summed E-state index contributed by atoms with van der Waals surface area (Å²) in [5.41, 5.74) is 0.